The summed E-state index contributed by atoms with van der Waals surface area (Å²) in [6.07, 6.45) is 3.25. The third-order valence-electron chi connectivity index (χ3n) is 3.64. The number of nitrogens with zero attached hydrogens (tertiary/aromatic N) is 1. The second-order valence-electron chi connectivity index (χ2n) is 5.24. The Morgan fingerprint density at radius 2 is 2.20 bits per heavy atom. The van der Waals surface area contributed by atoms with Gasteiger partial charge in [-0.25, -0.2) is 8.78 Å². The van der Waals surface area contributed by atoms with Gasteiger partial charge in [-0.3, -0.25) is 4.99 Å². The summed E-state index contributed by atoms with van der Waals surface area (Å²) in [5.74, 6) is -1.02. The molecule has 1 aromatic carbocycles. The van der Waals surface area contributed by atoms with E-state index in [0.29, 0.717) is 13.2 Å². The van der Waals surface area contributed by atoms with E-state index in [1.54, 1.807) is 7.11 Å². The van der Waals surface area contributed by atoms with Crippen molar-refractivity contribution in [3.8, 4) is 0 Å². The molecule has 0 saturated heterocycles. The third kappa shape index (κ3) is 3.45. The second-order valence-corrected chi connectivity index (χ2v) is 5.24. The summed E-state index contributed by atoms with van der Waals surface area (Å²) in [7, 11) is 1.66. The van der Waals surface area contributed by atoms with Gasteiger partial charge >= 0.3 is 0 Å². The fourth-order valence-electron chi connectivity index (χ4n) is 2.35. The Balaban J connectivity index is 1.98. The number of hydrogen-bond acceptors (Lipinski definition) is 2. The largest absolute Gasteiger partial charge is 0.384 e. The van der Waals surface area contributed by atoms with Crippen molar-refractivity contribution in [2.45, 2.75) is 19.3 Å². The average molecular weight is 283 g/mol. The molecule has 0 aliphatic heterocycles. The van der Waals surface area contributed by atoms with E-state index in [9.17, 15) is 8.78 Å². The van der Waals surface area contributed by atoms with Crippen LogP contribution < -0.4 is 11.1 Å². The van der Waals surface area contributed by atoms with Crippen LogP contribution in [0.15, 0.2) is 23.2 Å². The van der Waals surface area contributed by atoms with Gasteiger partial charge in [0.25, 0.3) is 0 Å². The van der Waals surface area contributed by atoms with E-state index < -0.39 is 11.6 Å². The van der Waals surface area contributed by atoms with Crippen molar-refractivity contribution in [1.29, 1.82) is 0 Å². The monoisotopic (exact) mass is 283 g/mol. The maximum atomic E-state index is 13.4. The van der Waals surface area contributed by atoms with Gasteiger partial charge in [0.15, 0.2) is 5.96 Å². The minimum atomic E-state index is -0.570. The van der Waals surface area contributed by atoms with Crippen LogP contribution in [0, 0.1) is 17.0 Å². The Labute approximate surface area is 117 Å². The first-order chi connectivity index (χ1) is 9.54. The standard InChI is InChI=1S/C14H19F2N3O/c1-20-9-14(5-2-6-14)8-18-13(17)19-12-7-10(15)3-4-11(12)16/h3-4,7H,2,5-6,8-9H2,1H3,(H3,17,18,19). The normalized spacial score (nSPS) is 17.6. The molecule has 0 radical (unpaired) electrons. The lowest BCUT2D eigenvalue weighted by Gasteiger charge is -2.40. The van der Waals surface area contributed by atoms with Crippen LogP contribution in [0.4, 0.5) is 14.5 Å². The Morgan fingerprint density at radius 1 is 1.45 bits per heavy atom. The topological polar surface area (TPSA) is 59.6 Å². The lowest BCUT2D eigenvalue weighted by atomic mass is 9.69. The number of anilines is 1. The summed E-state index contributed by atoms with van der Waals surface area (Å²) < 4.78 is 31.7. The van der Waals surface area contributed by atoms with Gasteiger partial charge in [-0.15, -0.1) is 0 Å². The van der Waals surface area contributed by atoms with Crippen molar-refractivity contribution < 1.29 is 13.5 Å². The molecule has 0 unspecified atom stereocenters. The van der Waals surface area contributed by atoms with Crippen LogP contribution in [0.2, 0.25) is 0 Å². The van der Waals surface area contributed by atoms with Crippen LogP contribution in [0.1, 0.15) is 19.3 Å². The van der Waals surface area contributed by atoms with Crippen LogP contribution in [0.25, 0.3) is 0 Å². The van der Waals surface area contributed by atoms with E-state index in [2.05, 4.69) is 10.3 Å². The molecule has 0 amide bonds. The van der Waals surface area contributed by atoms with Gasteiger partial charge in [-0.05, 0) is 25.0 Å². The molecule has 0 aromatic heterocycles. The number of aliphatic imine (C=N–C) groups is 1. The lowest BCUT2D eigenvalue weighted by Crippen LogP contribution is -2.38. The van der Waals surface area contributed by atoms with Gasteiger partial charge in [0.2, 0.25) is 0 Å². The molecule has 20 heavy (non-hydrogen) atoms. The molecule has 0 spiro atoms. The number of nitrogens with one attached hydrogen (secondary N) is 1. The predicted molar refractivity (Wildman–Crippen MR) is 74.6 cm³/mol. The Kier molecular flexibility index (Phi) is 4.54. The van der Waals surface area contributed by atoms with E-state index in [4.69, 9.17) is 10.5 Å². The van der Waals surface area contributed by atoms with Crippen molar-refractivity contribution in [3.05, 3.63) is 29.8 Å². The van der Waals surface area contributed by atoms with Crippen molar-refractivity contribution in [1.82, 2.24) is 0 Å². The van der Waals surface area contributed by atoms with E-state index in [0.717, 1.165) is 37.5 Å². The third-order valence-corrected chi connectivity index (χ3v) is 3.64. The molecule has 4 nitrogen and oxygen atoms in total. The fourth-order valence-corrected chi connectivity index (χ4v) is 2.35. The number of ether oxygens (including phenoxy) is 1. The fraction of sp³-hybridized carbons (Fsp3) is 0.500. The first-order valence-corrected chi connectivity index (χ1v) is 6.56. The summed E-state index contributed by atoms with van der Waals surface area (Å²) in [6, 6.07) is 3.14. The molecule has 2 rings (SSSR count). The van der Waals surface area contributed by atoms with Gasteiger partial charge in [0.05, 0.1) is 18.8 Å². The van der Waals surface area contributed by atoms with Gasteiger partial charge < -0.3 is 15.8 Å². The molecular formula is C14H19F2N3O. The van der Waals surface area contributed by atoms with Crippen molar-refractivity contribution in [2.24, 2.45) is 16.1 Å². The molecule has 3 N–H and O–H groups in total. The Hall–Kier alpha value is -1.69. The summed E-state index contributed by atoms with van der Waals surface area (Å²) in [5, 5.41) is 2.59. The number of methoxy groups -OCH3 is 1. The number of nitrogens with two attached hydrogens (primary N) is 1. The molecule has 0 atom stereocenters. The maximum Gasteiger partial charge on any atom is 0.193 e. The minimum Gasteiger partial charge on any atom is -0.384 e. The van der Waals surface area contributed by atoms with Gasteiger partial charge in [-0.2, -0.15) is 0 Å². The molecular weight excluding hydrogens is 264 g/mol. The first-order valence-electron chi connectivity index (χ1n) is 6.56. The summed E-state index contributed by atoms with van der Waals surface area (Å²) in [6.45, 7) is 1.16. The second kappa shape index (κ2) is 6.17. The average Bonchev–Trinajstić information content (AvgIpc) is 2.37. The summed E-state index contributed by atoms with van der Waals surface area (Å²) in [5.41, 5.74) is 5.75. The molecule has 1 aliphatic carbocycles. The summed E-state index contributed by atoms with van der Waals surface area (Å²) >= 11 is 0. The molecule has 0 heterocycles. The van der Waals surface area contributed by atoms with Crippen LogP contribution in [-0.2, 0) is 4.74 Å². The van der Waals surface area contributed by atoms with Crippen LogP contribution >= 0.6 is 0 Å². The highest BCUT2D eigenvalue weighted by Crippen LogP contribution is 2.41. The first kappa shape index (κ1) is 14.7. The molecule has 6 heteroatoms. The Bertz CT molecular complexity index is 501. The highest BCUT2D eigenvalue weighted by molar-refractivity contribution is 5.92. The van der Waals surface area contributed by atoms with Crippen molar-refractivity contribution >= 4 is 11.6 Å². The molecule has 1 aromatic rings. The zero-order valence-corrected chi connectivity index (χ0v) is 11.5. The summed E-state index contributed by atoms with van der Waals surface area (Å²) in [4.78, 5) is 4.22. The van der Waals surface area contributed by atoms with Gasteiger partial charge in [0.1, 0.15) is 11.6 Å². The lowest BCUT2D eigenvalue weighted by molar-refractivity contribution is 0.0253. The number of guanidine groups is 1. The number of rotatable bonds is 5. The molecule has 110 valence electrons. The SMILES string of the molecule is COCC1(CN=C(N)Nc2cc(F)ccc2F)CCC1. The van der Waals surface area contributed by atoms with Crippen LogP contribution in [-0.4, -0.2) is 26.2 Å². The Morgan fingerprint density at radius 3 is 2.80 bits per heavy atom. The van der Waals surface area contributed by atoms with Crippen LogP contribution in [0.5, 0.6) is 0 Å². The highest BCUT2D eigenvalue weighted by atomic mass is 19.1. The smallest absolute Gasteiger partial charge is 0.193 e. The number of halogens is 2. The zero-order chi connectivity index (χ0) is 14.6. The number of hydrogen-bond donors (Lipinski definition) is 2. The van der Waals surface area contributed by atoms with Crippen molar-refractivity contribution in [3.63, 3.8) is 0 Å². The zero-order valence-electron chi connectivity index (χ0n) is 11.5. The van der Waals surface area contributed by atoms with E-state index in [-0.39, 0.29) is 17.1 Å². The van der Waals surface area contributed by atoms with Gasteiger partial charge in [-0.1, -0.05) is 6.42 Å². The molecule has 1 aliphatic rings. The molecule has 1 fully saturated rings. The van der Waals surface area contributed by atoms with Crippen LogP contribution in [0.3, 0.4) is 0 Å². The van der Waals surface area contributed by atoms with Gasteiger partial charge in [0, 0.05) is 18.6 Å². The van der Waals surface area contributed by atoms with Crippen molar-refractivity contribution in [2.75, 3.05) is 25.6 Å². The molecule has 0 bridgehead atoms. The number of benzene rings is 1. The van der Waals surface area contributed by atoms with E-state index in [1.165, 1.54) is 0 Å². The molecule has 1 saturated carbocycles. The quantitative estimate of drug-likeness (QED) is 0.645. The van der Waals surface area contributed by atoms with E-state index in [1.807, 2.05) is 0 Å². The predicted octanol–water partition coefficient (Wildman–Crippen LogP) is 2.51. The van der Waals surface area contributed by atoms with E-state index >= 15 is 0 Å². The highest BCUT2D eigenvalue weighted by Gasteiger charge is 2.36. The minimum absolute atomic E-state index is 0.0133. The maximum absolute atomic E-state index is 13.4.